The summed E-state index contributed by atoms with van der Waals surface area (Å²) in [4.78, 5) is 37.9. The van der Waals surface area contributed by atoms with Crippen molar-refractivity contribution < 1.29 is 23.9 Å². The standard InChI is InChI=1S/C25H18Cl2N2O5/c1-2-33-22-13-15(8-11-21(22)34-25(32)18-10-9-16(26)14-20(18)27)12-19-23(30)28-29(24(19)31)17-6-4-3-5-7-17/h3-14H,2H2,1H3,(H,28,30). The molecule has 1 N–H and O–H groups in total. The van der Waals surface area contributed by atoms with Gasteiger partial charge < -0.3 is 9.47 Å². The molecule has 0 saturated carbocycles. The van der Waals surface area contributed by atoms with Crippen molar-refractivity contribution in [2.45, 2.75) is 6.92 Å². The zero-order valence-corrected chi connectivity index (χ0v) is 19.4. The number of nitrogens with one attached hydrogen (secondary N) is 1. The van der Waals surface area contributed by atoms with Crippen LogP contribution < -0.4 is 19.9 Å². The van der Waals surface area contributed by atoms with Crippen molar-refractivity contribution in [3.8, 4) is 11.5 Å². The van der Waals surface area contributed by atoms with Crippen LogP contribution in [0.15, 0.2) is 72.3 Å². The number of benzene rings is 3. The number of halogens is 2. The van der Waals surface area contributed by atoms with Crippen LogP contribution in [0, 0.1) is 0 Å². The third-order valence-electron chi connectivity index (χ3n) is 4.84. The average molecular weight is 497 g/mol. The smallest absolute Gasteiger partial charge is 0.345 e. The maximum Gasteiger partial charge on any atom is 0.345 e. The molecule has 1 aliphatic rings. The molecular formula is C25H18Cl2N2O5. The second-order valence-electron chi connectivity index (χ2n) is 7.13. The first-order valence-electron chi connectivity index (χ1n) is 10.2. The van der Waals surface area contributed by atoms with Gasteiger partial charge in [0.05, 0.1) is 22.9 Å². The molecule has 7 nitrogen and oxygen atoms in total. The van der Waals surface area contributed by atoms with Crippen molar-refractivity contribution in [3.63, 3.8) is 0 Å². The molecular weight excluding hydrogens is 479 g/mol. The van der Waals surface area contributed by atoms with Crippen LogP contribution in [-0.4, -0.2) is 24.4 Å². The molecule has 1 heterocycles. The van der Waals surface area contributed by atoms with Gasteiger partial charge in [-0.05, 0) is 61.0 Å². The Kier molecular flexibility index (Phi) is 6.86. The Morgan fingerprint density at radius 3 is 2.47 bits per heavy atom. The van der Waals surface area contributed by atoms with E-state index >= 15 is 0 Å². The lowest BCUT2D eigenvalue weighted by Gasteiger charge is -2.14. The fraction of sp³-hybridized carbons (Fsp3) is 0.0800. The van der Waals surface area contributed by atoms with Crippen LogP contribution in [0.5, 0.6) is 11.5 Å². The topological polar surface area (TPSA) is 84.9 Å². The summed E-state index contributed by atoms with van der Waals surface area (Å²) in [6.45, 7) is 2.08. The van der Waals surface area contributed by atoms with E-state index in [1.54, 1.807) is 43.3 Å². The molecule has 2 amide bonds. The predicted molar refractivity (Wildman–Crippen MR) is 129 cm³/mol. The van der Waals surface area contributed by atoms with Gasteiger partial charge in [-0.15, -0.1) is 0 Å². The number of carbonyl (C=O) groups is 3. The van der Waals surface area contributed by atoms with Gasteiger partial charge in [0, 0.05) is 5.02 Å². The highest BCUT2D eigenvalue weighted by molar-refractivity contribution is 6.36. The zero-order valence-electron chi connectivity index (χ0n) is 17.9. The molecule has 0 aliphatic carbocycles. The molecule has 0 atom stereocenters. The van der Waals surface area contributed by atoms with Crippen LogP contribution in [0.4, 0.5) is 5.69 Å². The Balaban J connectivity index is 1.60. The second kappa shape index (κ2) is 9.99. The number of hydrazine groups is 1. The van der Waals surface area contributed by atoms with Crippen LogP contribution in [0.1, 0.15) is 22.8 Å². The summed E-state index contributed by atoms with van der Waals surface area (Å²) in [6, 6.07) is 17.9. The van der Waals surface area contributed by atoms with Crippen LogP contribution in [0.25, 0.3) is 6.08 Å². The number of amides is 2. The van der Waals surface area contributed by atoms with Crippen molar-refractivity contribution >= 4 is 52.7 Å². The number of carbonyl (C=O) groups excluding carboxylic acids is 3. The summed E-state index contributed by atoms with van der Waals surface area (Å²) in [6.07, 6.45) is 1.45. The Morgan fingerprint density at radius 2 is 1.76 bits per heavy atom. The van der Waals surface area contributed by atoms with E-state index in [1.165, 1.54) is 35.4 Å². The second-order valence-corrected chi connectivity index (χ2v) is 7.97. The van der Waals surface area contributed by atoms with Gasteiger partial charge in [-0.3, -0.25) is 15.0 Å². The largest absolute Gasteiger partial charge is 0.490 e. The van der Waals surface area contributed by atoms with Crippen LogP contribution in [0.3, 0.4) is 0 Å². The Hall–Kier alpha value is -3.81. The molecule has 3 aromatic carbocycles. The van der Waals surface area contributed by atoms with E-state index in [2.05, 4.69) is 5.43 Å². The van der Waals surface area contributed by atoms with Gasteiger partial charge in [0.15, 0.2) is 11.5 Å². The maximum absolute atomic E-state index is 12.8. The SMILES string of the molecule is CCOc1cc(C=C2C(=O)NN(c3ccccc3)C2=O)ccc1OC(=O)c1ccc(Cl)cc1Cl. The van der Waals surface area contributed by atoms with Gasteiger partial charge in [-0.2, -0.15) is 0 Å². The molecule has 0 spiro atoms. The maximum atomic E-state index is 12.8. The number of hydrogen-bond acceptors (Lipinski definition) is 5. The minimum atomic E-state index is -0.683. The molecule has 3 aromatic rings. The van der Waals surface area contributed by atoms with Crippen LogP contribution in [0.2, 0.25) is 10.0 Å². The summed E-state index contributed by atoms with van der Waals surface area (Å²) < 4.78 is 11.1. The zero-order chi connectivity index (χ0) is 24.2. The van der Waals surface area contributed by atoms with Gasteiger partial charge in [-0.1, -0.05) is 47.5 Å². The summed E-state index contributed by atoms with van der Waals surface area (Å²) in [5.74, 6) is -1.27. The number of hydrogen-bond donors (Lipinski definition) is 1. The van der Waals surface area contributed by atoms with Crippen molar-refractivity contribution in [3.05, 3.63) is 93.5 Å². The molecule has 0 aromatic heterocycles. The van der Waals surface area contributed by atoms with Crippen LogP contribution in [-0.2, 0) is 9.59 Å². The van der Waals surface area contributed by atoms with E-state index in [1.807, 2.05) is 6.07 Å². The molecule has 1 saturated heterocycles. The van der Waals surface area contributed by atoms with Crippen molar-refractivity contribution in [1.82, 2.24) is 5.43 Å². The number of rotatable bonds is 6. The first-order valence-corrected chi connectivity index (χ1v) is 11.0. The molecule has 172 valence electrons. The summed E-state index contributed by atoms with van der Waals surface area (Å²) in [7, 11) is 0. The normalized spacial score (nSPS) is 14.3. The lowest BCUT2D eigenvalue weighted by atomic mass is 10.1. The highest BCUT2D eigenvalue weighted by Gasteiger charge is 2.34. The fourth-order valence-electron chi connectivity index (χ4n) is 3.26. The number of ether oxygens (including phenoxy) is 2. The molecule has 9 heteroatoms. The summed E-state index contributed by atoms with van der Waals surface area (Å²) in [5, 5.41) is 1.74. The van der Waals surface area contributed by atoms with Crippen molar-refractivity contribution in [1.29, 1.82) is 0 Å². The number of esters is 1. The van der Waals surface area contributed by atoms with E-state index in [-0.39, 0.29) is 27.7 Å². The molecule has 0 unspecified atom stereocenters. The van der Waals surface area contributed by atoms with Gasteiger partial charge in [0.1, 0.15) is 5.57 Å². The number of anilines is 1. The predicted octanol–water partition coefficient (Wildman–Crippen LogP) is 5.07. The van der Waals surface area contributed by atoms with Crippen LogP contribution >= 0.6 is 23.2 Å². The van der Waals surface area contributed by atoms with Gasteiger partial charge in [0.2, 0.25) is 0 Å². The molecule has 4 rings (SSSR count). The lowest BCUT2D eigenvalue weighted by molar-refractivity contribution is -0.117. The van der Waals surface area contributed by atoms with E-state index < -0.39 is 17.8 Å². The molecule has 0 bridgehead atoms. The van der Waals surface area contributed by atoms with Gasteiger partial charge >= 0.3 is 5.97 Å². The summed E-state index contributed by atoms with van der Waals surface area (Å²) >= 11 is 12.0. The van der Waals surface area contributed by atoms with E-state index in [0.717, 1.165) is 0 Å². The highest BCUT2D eigenvalue weighted by Crippen LogP contribution is 2.32. The molecule has 1 fully saturated rings. The molecule has 1 aliphatic heterocycles. The Bertz CT molecular complexity index is 1310. The third-order valence-corrected chi connectivity index (χ3v) is 5.39. The first-order chi connectivity index (χ1) is 16.4. The minimum absolute atomic E-state index is 0.0380. The van der Waals surface area contributed by atoms with Crippen molar-refractivity contribution in [2.24, 2.45) is 0 Å². The highest BCUT2D eigenvalue weighted by atomic mass is 35.5. The summed E-state index contributed by atoms with van der Waals surface area (Å²) in [5.41, 5.74) is 3.72. The van der Waals surface area contributed by atoms with E-state index in [0.29, 0.717) is 22.9 Å². The van der Waals surface area contributed by atoms with Gasteiger partial charge in [0.25, 0.3) is 11.8 Å². The first kappa shape index (κ1) is 23.4. The monoisotopic (exact) mass is 496 g/mol. The third kappa shape index (κ3) is 4.90. The Morgan fingerprint density at radius 1 is 1.00 bits per heavy atom. The Labute approximate surface area is 205 Å². The number of para-hydroxylation sites is 1. The van der Waals surface area contributed by atoms with Crippen molar-refractivity contribution in [2.75, 3.05) is 11.6 Å². The van der Waals surface area contributed by atoms with E-state index in [4.69, 9.17) is 32.7 Å². The average Bonchev–Trinajstić information content (AvgIpc) is 3.09. The fourth-order valence-corrected chi connectivity index (χ4v) is 3.75. The molecule has 34 heavy (non-hydrogen) atoms. The minimum Gasteiger partial charge on any atom is -0.490 e. The van der Waals surface area contributed by atoms with E-state index in [9.17, 15) is 14.4 Å². The van der Waals surface area contributed by atoms with Gasteiger partial charge in [-0.25, -0.2) is 9.80 Å². The molecule has 0 radical (unpaired) electrons. The lowest BCUT2D eigenvalue weighted by Crippen LogP contribution is -2.35. The quantitative estimate of drug-likeness (QED) is 0.223. The number of nitrogens with zero attached hydrogens (tertiary/aromatic N) is 1.